The molecule has 44 heavy (non-hydrogen) atoms. The first-order valence-corrected chi connectivity index (χ1v) is 15.7. The molecule has 1 saturated heterocycles. The van der Waals surface area contributed by atoms with Crippen LogP contribution in [0.25, 0.3) is 22.3 Å². The first kappa shape index (κ1) is 28.0. The lowest BCUT2D eigenvalue weighted by atomic mass is 9.93. The number of hydrogen-bond donors (Lipinski definition) is 0. The lowest BCUT2D eigenvalue weighted by Crippen LogP contribution is -2.49. The highest BCUT2D eigenvalue weighted by molar-refractivity contribution is 5.64. The first-order chi connectivity index (χ1) is 21.8. The lowest BCUT2D eigenvalue weighted by molar-refractivity contribution is 0.0898. The Hall–Kier alpha value is -4.76. The Balaban J connectivity index is 1.14. The molecular weight excluding hydrogens is 532 g/mol. The third-order valence-corrected chi connectivity index (χ3v) is 8.98. The smallest absolute Gasteiger partial charge is 0.0602 e. The molecule has 1 aliphatic rings. The summed E-state index contributed by atoms with van der Waals surface area (Å²) in [4.78, 5) is 5.34. The zero-order valence-electron chi connectivity index (χ0n) is 25.0. The van der Waals surface area contributed by atoms with Crippen LogP contribution in [-0.4, -0.2) is 36.0 Å². The molecule has 2 nitrogen and oxygen atoms in total. The van der Waals surface area contributed by atoms with Gasteiger partial charge in [-0.3, -0.25) is 9.80 Å². The summed E-state index contributed by atoms with van der Waals surface area (Å²) in [6.45, 7) is 4.02. The molecule has 0 saturated carbocycles. The Bertz CT molecular complexity index is 1590. The van der Waals surface area contributed by atoms with E-state index in [1.807, 2.05) is 0 Å². The van der Waals surface area contributed by atoms with Crippen molar-refractivity contribution in [1.29, 1.82) is 0 Å². The van der Waals surface area contributed by atoms with Crippen LogP contribution >= 0.6 is 0 Å². The van der Waals surface area contributed by atoms with Gasteiger partial charge in [0.05, 0.1) is 12.1 Å². The molecule has 2 heteroatoms. The molecule has 2 atom stereocenters. The van der Waals surface area contributed by atoms with Crippen molar-refractivity contribution in [2.75, 3.05) is 26.2 Å². The molecule has 0 radical (unpaired) electrons. The standard InChI is InChI=1S/C42H38N2/c1-5-13-33(14-6-1)35-21-25-39(26-22-35)41(37-17-9-3-10-18-37)43-29-31-44(32-30-43)42(38-19-11-4-12-20-38)40-27-23-36(24-28-40)34-15-7-2-8-16-34/h1-28,41-42H,29-32H2/t41-,42-/m1/s1. The molecule has 0 amide bonds. The summed E-state index contributed by atoms with van der Waals surface area (Å²) in [5.74, 6) is 0. The molecular formula is C42H38N2. The average molecular weight is 571 g/mol. The summed E-state index contributed by atoms with van der Waals surface area (Å²) in [5, 5.41) is 0. The van der Waals surface area contributed by atoms with Gasteiger partial charge in [-0.25, -0.2) is 0 Å². The Morgan fingerprint density at radius 2 is 0.523 bits per heavy atom. The van der Waals surface area contributed by atoms with Crippen molar-refractivity contribution < 1.29 is 0 Å². The van der Waals surface area contributed by atoms with Crippen molar-refractivity contribution in [3.63, 3.8) is 0 Å². The molecule has 0 bridgehead atoms. The number of piperazine rings is 1. The molecule has 7 rings (SSSR count). The van der Waals surface area contributed by atoms with E-state index in [1.165, 1.54) is 44.5 Å². The highest BCUT2D eigenvalue weighted by atomic mass is 15.3. The second-order valence-corrected chi connectivity index (χ2v) is 11.7. The summed E-state index contributed by atoms with van der Waals surface area (Å²) in [7, 11) is 0. The van der Waals surface area contributed by atoms with Crippen LogP contribution in [0.2, 0.25) is 0 Å². The predicted molar refractivity (Wildman–Crippen MR) is 183 cm³/mol. The van der Waals surface area contributed by atoms with Crippen LogP contribution in [0.5, 0.6) is 0 Å². The number of nitrogens with zero attached hydrogens (tertiary/aromatic N) is 2. The van der Waals surface area contributed by atoms with E-state index < -0.39 is 0 Å². The van der Waals surface area contributed by atoms with Crippen LogP contribution in [0, 0.1) is 0 Å². The van der Waals surface area contributed by atoms with Crippen molar-refractivity contribution in [1.82, 2.24) is 9.80 Å². The van der Waals surface area contributed by atoms with Gasteiger partial charge in [-0.1, -0.05) is 170 Å². The predicted octanol–water partition coefficient (Wildman–Crippen LogP) is 9.52. The number of rotatable bonds is 8. The minimum atomic E-state index is 0.225. The van der Waals surface area contributed by atoms with Gasteiger partial charge < -0.3 is 0 Å². The molecule has 0 aromatic heterocycles. The number of hydrogen-bond acceptors (Lipinski definition) is 2. The summed E-state index contributed by atoms with van der Waals surface area (Å²) >= 11 is 0. The zero-order valence-corrected chi connectivity index (χ0v) is 25.0. The van der Waals surface area contributed by atoms with Gasteiger partial charge in [0.15, 0.2) is 0 Å². The maximum Gasteiger partial charge on any atom is 0.0602 e. The highest BCUT2D eigenvalue weighted by Crippen LogP contribution is 2.35. The average Bonchev–Trinajstić information content (AvgIpc) is 3.11. The van der Waals surface area contributed by atoms with E-state index >= 15 is 0 Å². The highest BCUT2D eigenvalue weighted by Gasteiger charge is 2.30. The zero-order chi connectivity index (χ0) is 29.6. The first-order valence-electron chi connectivity index (χ1n) is 15.7. The third-order valence-electron chi connectivity index (χ3n) is 8.98. The quantitative estimate of drug-likeness (QED) is 0.180. The molecule has 0 spiro atoms. The molecule has 6 aromatic carbocycles. The third kappa shape index (κ3) is 6.14. The fourth-order valence-corrected chi connectivity index (χ4v) is 6.73. The maximum atomic E-state index is 2.67. The van der Waals surface area contributed by atoms with Crippen LogP contribution in [0.4, 0.5) is 0 Å². The summed E-state index contributed by atoms with van der Waals surface area (Å²) in [5.41, 5.74) is 10.4. The Morgan fingerprint density at radius 3 is 0.841 bits per heavy atom. The van der Waals surface area contributed by atoms with E-state index in [-0.39, 0.29) is 12.1 Å². The molecule has 1 aliphatic heterocycles. The second kappa shape index (κ2) is 13.3. The van der Waals surface area contributed by atoms with Crippen molar-refractivity contribution >= 4 is 0 Å². The van der Waals surface area contributed by atoms with Crippen LogP contribution in [-0.2, 0) is 0 Å². The van der Waals surface area contributed by atoms with E-state index in [4.69, 9.17) is 0 Å². The molecule has 1 fully saturated rings. The minimum Gasteiger partial charge on any atom is -0.290 e. The van der Waals surface area contributed by atoms with E-state index in [1.54, 1.807) is 0 Å². The second-order valence-electron chi connectivity index (χ2n) is 11.7. The van der Waals surface area contributed by atoms with Gasteiger partial charge in [0.2, 0.25) is 0 Å². The molecule has 216 valence electrons. The topological polar surface area (TPSA) is 6.48 Å². The van der Waals surface area contributed by atoms with E-state index in [0.29, 0.717) is 0 Å². The van der Waals surface area contributed by atoms with Crippen LogP contribution in [0.15, 0.2) is 170 Å². The van der Waals surface area contributed by atoms with Crippen molar-refractivity contribution in [3.8, 4) is 22.3 Å². The van der Waals surface area contributed by atoms with Gasteiger partial charge >= 0.3 is 0 Å². The van der Waals surface area contributed by atoms with Crippen molar-refractivity contribution in [2.24, 2.45) is 0 Å². The number of benzene rings is 6. The summed E-state index contributed by atoms with van der Waals surface area (Å²) in [6.07, 6.45) is 0. The Morgan fingerprint density at radius 1 is 0.273 bits per heavy atom. The molecule has 6 aromatic rings. The van der Waals surface area contributed by atoms with Crippen LogP contribution in [0.1, 0.15) is 34.3 Å². The van der Waals surface area contributed by atoms with Crippen molar-refractivity contribution in [2.45, 2.75) is 12.1 Å². The van der Waals surface area contributed by atoms with Gasteiger partial charge in [0.25, 0.3) is 0 Å². The maximum absolute atomic E-state index is 2.67. The van der Waals surface area contributed by atoms with Gasteiger partial charge in [0, 0.05) is 26.2 Å². The molecule has 0 aliphatic carbocycles. The molecule has 0 N–H and O–H groups in total. The fourth-order valence-electron chi connectivity index (χ4n) is 6.73. The van der Waals surface area contributed by atoms with Gasteiger partial charge in [0.1, 0.15) is 0 Å². The van der Waals surface area contributed by atoms with Gasteiger partial charge in [-0.15, -0.1) is 0 Å². The van der Waals surface area contributed by atoms with E-state index in [0.717, 1.165) is 26.2 Å². The normalized spacial score (nSPS) is 15.5. The molecule has 1 heterocycles. The largest absolute Gasteiger partial charge is 0.290 e. The van der Waals surface area contributed by atoms with E-state index in [9.17, 15) is 0 Å². The Kier molecular flexibility index (Phi) is 8.45. The van der Waals surface area contributed by atoms with Crippen molar-refractivity contribution in [3.05, 3.63) is 192 Å². The van der Waals surface area contributed by atoms with Gasteiger partial charge in [-0.05, 0) is 44.5 Å². The Labute approximate surface area is 261 Å². The van der Waals surface area contributed by atoms with Gasteiger partial charge in [-0.2, -0.15) is 0 Å². The monoisotopic (exact) mass is 570 g/mol. The lowest BCUT2D eigenvalue weighted by Gasteiger charge is -2.43. The van der Waals surface area contributed by atoms with E-state index in [2.05, 4.69) is 180 Å². The summed E-state index contributed by atoms with van der Waals surface area (Å²) in [6, 6.07) is 62.2. The molecule has 0 unspecified atom stereocenters. The van der Waals surface area contributed by atoms with Crippen LogP contribution in [0.3, 0.4) is 0 Å². The summed E-state index contributed by atoms with van der Waals surface area (Å²) < 4.78 is 0. The van der Waals surface area contributed by atoms with Crippen LogP contribution < -0.4 is 0 Å². The SMILES string of the molecule is c1ccc(-c2ccc([C@@H](c3ccccc3)N3CCN([C@H](c4ccccc4)c4ccc(-c5ccccc5)cc4)CC3)cc2)cc1. The minimum absolute atomic E-state index is 0.225. The fraction of sp³-hybridized carbons (Fsp3) is 0.143.